The molecule has 2 N–H and O–H groups in total. The molecular weight excluding hydrogens is 206 g/mol. The average Bonchev–Trinajstić information content (AvgIpc) is 2.31. The number of hydrogen-bond donors (Lipinski definition) is 1. The molecule has 0 bridgehead atoms. The molecule has 2 aromatic rings. The fourth-order valence-corrected chi connectivity index (χ4v) is 1.09. The van der Waals surface area contributed by atoms with Crippen molar-refractivity contribution in [2.24, 2.45) is 5.73 Å². The van der Waals surface area contributed by atoms with Crippen LogP contribution in [0.25, 0.3) is 0 Å². The lowest BCUT2D eigenvalue weighted by Crippen LogP contribution is -2.11. The van der Waals surface area contributed by atoms with Crippen LogP contribution in [0.5, 0.6) is 11.8 Å². The quantitative estimate of drug-likeness (QED) is 0.838. The zero-order chi connectivity index (χ0) is 11.4. The van der Waals surface area contributed by atoms with Gasteiger partial charge in [-0.15, -0.1) is 0 Å². The Hall–Kier alpha value is -2.43. The first-order valence-corrected chi connectivity index (χ1v) is 4.60. The van der Waals surface area contributed by atoms with E-state index in [9.17, 15) is 4.79 Å². The predicted octanol–water partition coefficient (Wildman–Crippen LogP) is 1.37. The average molecular weight is 215 g/mol. The summed E-state index contributed by atoms with van der Waals surface area (Å²) >= 11 is 0. The maximum absolute atomic E-state index is 10.8. The Kier molecular flexibility index (Phi) is 2.77. The van der Waals surface area contributed by atoms with E-state index in [1.165, 1.54) is 12.4 Å². The SMILES string of the molecule is NC(=O)c1cnc(Oc2ccccc2)nc1. The van der Waals surface area contributed by atoms with E-state index < -0.39 is 5.91 Å². The molecule has 80 valence electrons. The second kappa shape index (κ2) is 4.39. The van der Waals surface area contributed by atoms with E-state index in [0.29, 0.717) is 5.75 Å². The minimum Gasteiger partial charge on any atom is -0.424 e. The summed E-state index contributed by atoms with van der Waals surface area (Å²) in [4.78, 5) is 18.5. The maximum Gasteiger partial charge on any atom is 0.321 e. The molecule has 0 aliphatic carbocycles. The van der Waals surface area contributed by atoms with E-state index in [1.807, 2.05) is 18.2 Å². The number of rotatable bonds is 3. The van der Waals surface area contributed by atoms with Crippen LogP contribution in [0.3, 0.4) is 0 Å². The molecule has 1 aromatic heterocycles. The molecule has 1 aromatic carbocycles. The van der Waals surface area contributed by atoms with Crippen LogP contribution < -0.4 is 10.5 Å². The molecule has 0 saturated heterocycles. The Bertz CT molecular complexity index is 482. The van der Waals surface area contributed by atoms with Crippen LogP contribution in [0.2, 0.25) is 0 Å². The standard InChI is InChI=1S/C11H9N3O2/c12-10(15)8-6-13-11(14-7-8)16-9-4-2-1-3-5-9/h1-7H,(H2,12,15). The van der Waals surface area contributed by atoms with Gasteiger partial charge in [0.1, 0.15) is 5.75 Å². The molecule has 1 heterocycles. The summed E-state index contributed by atoms with van der Waals surface area (Å²) in [7, 11) is 0. The molecule has 0 aliphatic rings. The largest absolute Gasteiger partial charge is 0.424 e. The zero-order valence-corrected chi connectivity index (χ0v) is 8.33. The molecule has 0 unspecified atom stereocenters. The molecule has 0 saturated carbocycles. The fraction of sp³-hybridized carbons (Fsp3) is 0. The molecular formula is C11H9N3O2. The van der Waals surface area contributed by atoms with Crippen LogP contribution in [0.1, 0.15) is 10.4 Å². The van der Waals surface area contributed by atoms with Gasteiger partial charge in [0.25, 0.3) is 5.91 Å². The molecule has 0 aliphatic heterocycles. The van der Waals surface area contributed by atoms with Gasteiger partial charge in [0, 0.05) is 12.4 Å². The number of carbonyl (C=O) groups is 1. The van der Waals surface area contributed by atoms with Crippen molar-refractivity contribution in [1.82, 2.24) is 9.97 Å². The molecule has 16 heavy (non-hydrogen) atoms. The van der Waals surface area contributed by atoms with Gasteiger partial charge in [-0.2, -0.15) is 0 Å². The normalized spacial score (nSPS) is 9.75. The number of nitrogens with zero attached hydrogens (tertiary/aromatic N) is 2. The van der Waals surface area contributed by atoms with E-state index >= 15 is 0 Å². The van der Waals surface area contributed by atoms with Gasteiger partial charge in [-0.3, -0.25) is 4.79 Å². The van der Waals surface area contributed by atoms with Crippen LogP contribution in [0.4, 0.5) is 0 Å². The van der Waals surface area contributed by atoms with Crippen molar-refractivity contribution >= 4 is 5.91 Å². The number of hydrogen-bond acceptors (Lipinski definition) is 4. The van der Waals surface area contributed by atoms with Crippen molar-refractivity contribution in [2.75, 3.05) is 0 Å². The highest BCUT2D eigenvalue weighted by molar-refractivity contribution is 5.92. The molecule has 2 rings (SSSR count). The summed E-state index contributed by atoms with van der Waals surface area (Å²) in [6.07, 6.45) is 2.65. The van der Waals surface area contributed by atoms with Gasteiger partial charge in [0.05, 0.1) is 5.56 Å². The first-order valence-electron chi connectivity index (χ1n) is 4.60. The van der Waals surface area contributed by atoms with Crippen molar-refractivity contribution in [3.05, 3.63) is 48.3 Å². The Morgan fingerprint density at radius 3 is 2.31 bits per heavy atom. The Labute approximate surface area is 91.9 Å². The maximum atomic E-state index is 10.8. The minimum atomic E-state index is -0.564. The number of aromatic nitrogens is 2. The number of para-hydroxylation sites is 1. The highest BCUT2D eigenvalue weighted by Crippen LogP contribution is 2.15. The van der Waals surface area contributed by atoms with Crippen molar-refractivity contribution in [2.45, 2.75) is 0 Å². The molecule has 1 amide bonds. The third kappa shape index (κ3) is 2.33. The molecule has 0 atom stereocenters. The number of primary amides is 1. The lowest BCUT2D eigenvalue weighted by Gasteiger charge is -2.02. The van der Waals surface area contributed by atoms with Crippen molar-refractivity contribution < 1.29 is 9.53 Å². The number of nitrogens with two attached hydrogens (primary N) is 1. The summed E-state index contributed by atoms with van der Waals surface area (Å²) in [5.41, 5.74) is 5.31. The highest BCUT2D eigenvalue weighted by Gasteiger charge is 2.03. The van der Waals surface area contributed by atoms with Crippen molar-refractivity contribution in [3.63, 3.8) is 0 Å². The smallest absolute Gasteiger partial charge is 0.321 e. The van der Waals surface area contributed by atoms with E-state index in [0.717, 1.165) is 0 Å². The van der Waals surface area contributed by atoms with Gasteiger partial charge in [0.15, 0.2) is 0 Å². The third-order valence-corrected chi connectivity index (χ3v) is 1.87. The van der Waals surface area contributed by atoms with E-state index in [4.69, 9.17) is 10.5 Å². The molecule has 0 radical (unpaired) electrons. The van der Waals surface area contributed by atoms with Gasteiger partial charge in [-0.05, 0) is 12.1 Å². The summed E-state index contributed by atoms with van der Waals surface area (Å²) in [5.74, 6) is 0.0700. The van der Waals surface area contributed by atoms with Gasteiger partial charge in [-0.1, -0.05) is 18.2 Å². The number of ether oxygens (including phenoxy) is 1. The Morgan fingerprint density at radius 1 is 1.12 bits per heavy atom. The summed E-state index contributed by atoms with van der Waals surface area (Å²) in [6, 6.07) is 9.30. The zero-order valence-electron chi connectivity index (χ0n) is 8.33. The van der Waals surface area contributed by atoms with E-state index in [1.54, 1.807) is 12.1 Å². The first kappa shape index (κ1) is 10.1. The lowest BCUT2D eigenvalue weighted by atomic mass is 10.3. The van der Waals surface area contributed by atoms with Crippen LogP contribution in [-0.4, -0.2) is 15.9 Å². The second-order valence-corrected chi connectivity index (χ2v) is 3.03. The van der Waals surface area contributed by atoms with Crippen molar-refractivity contribution in [1.29, 1.82) is 0 Å². The summed E-state index contributed by atoms with van der Waals surface area (Å²) in [5, 5.41) is 0. The second-order valence-electron chi connectivity index (χ2n) is 3.03. The van der Waals surface area contributed by atoms with Gasteiger partial charge in [0.2, 0.25) is 0 Å². The fourth-order valence-electron chi connectivity index (χ4n) is 1.09. The topological polar surface area (TPSA) is 78.1 Å². The molecule has 0 spiro atoms. The third-order valence-electron chi connectivity index (χ3n) is 1.87. The predicted molar refractivity (Wildman–Crippen MR) is 57.1 cm³/mol. The Balaban J connectivity index is 2.14. The number of amides is 1. The van der Waals surface area contributed by atoms with Crippen LogP contribution in [0, 0.1) is 0 Å². The highest BCUT2D eigenvalue weighted by atomic mass is 16.5. The molecule has 5 nitrogen and oxygen atoms in total. The molecule has 5 heteroatoms. The van der Waals surface area contributed by atoms with Gasteiger partial charge >= 0.3 is 6.01 Å². The summed E-state index contributed by atoms with van der Waals surface area (Å²) in [6.45, 7) is 0. The number of carbonyl (C=O) groups excluding carboxylic acids is 1. The minimum absolute atomic E-state index is 0.177. The number of benzene rings is 1. The van der Waals surface area contributed by atoms with Crippen LogP contribution >= 0.6 is 0 Å². The van der Waals surface area contributed by atoms with E-state index in [-0.39, 0.29) is 11.6 Å². The summed E-state index contributed by atoms with van der Waals surface area (Å²) < 4.78 is 5.34. The van der Waals surface area contributed by atoms with Crippen molar-refractivity contribution in [3.8, 4) is 11.8 Å². The van der Waals surface area contributed by atoms with Crippen LogP contribution in [-0.2, 0) is 0 Å². The monoisotopic (exact) mass is 215 g/mol. The molecule has 0 fully saturated rings. The lowest BCUT2D eigenvalue weighted by molar-refractivity contribution is 0.0999. The van der Waals surface area contributed by atoms with Gasteiger partial charge < -0.3 is 10.5 Å². The Morgan fingerprint density at radius 2 is 1.75 bits per heavy atom. The van der Waals surface area contributed by atoms with Crippen LogP contribution in [0.15, 0.2) is 42.7 Å². The van der Waals surface area contributed by atoms with E-state index in [2.05, 4.69) is 9.97 Å². The van der Waals surface area contributed by atoms with Gasteiger partial charge in [-0.25, -0.2) is 9.97 Å². The first-order chi connectivity index (χ1) is 7.75.